The van der Waals surface area contributed by atoms with Crippen LogP contribution in [0.4, 0.5) is 17.6 Å². The number of aromatic nitrogens is 4. The van der Waals surface area contributed by atoms with E-state index in [-0.39, 0.29) is 17.8 Å². The summed E-state index contributed by atoms with van der Waals surface area (Å²) in [6.45, 7) is 5.09. The lowest BCUT2D eigenvalue weighted by Gasteiger charge is -2.33. The van der Waals surface area contributed by atoms with Crippen LogP contribution >= 0.6 is 0 Å². The maximum atomic E-state index is 11.6. The second kappa shape index (κ2) is 8.93. The molecule has 0 spiro atoms. The second-order valence-corrected chi connectivity index (χ2v) is 7.53. The minimum Gasteiger partial charge on any atom is -0.480 e. The van der Waals surface area contributed by atoms with E-state index in [0.717, 1.165) is 42.9 Å². The number of carbonyl (C=O) groups is 1. The van der Waals surface area contributed by atoms with Gasteiger partial charge in [-0.1, -0.05) is 6.58 Å². The number of methoxy groups -OCH3 is 1. The monoisotopic (exact) mass is 432 g/mol. The number of imidazole rings is 1. The molecule has 0 saturated carbocycles. The van der Waals surface area contributed by atoms with Crippen LogP contribution in [0.15, 0.2) is 37.1 Å². The molecule has 2 N–H and O–H groups in total. The van der Waals surface area contributed by atoms with Gasteiger partial charge < -0.3 is 24.8 Å². The fraction of sp³-hybridized carbons (Fsp3) is 0.318. The molecule has 10 nitrogen and oxygen atoms in total. The Labute approximate surface area is 185 Å². The highest BCUT2D eigenvalue weighted by atomic mass is 16.5. The lowest BCUT2D eigenvalue weighted by Crippen LogP contribution is -2.43. The molecule has 164 valence electrons. The Bertz CT molecular complexity index is 1210. The van der Waals surface area contributed by atoms with Gasteiger partial charge in [-0.05, 0) is 37.1 Å². The van der Waals surface area contributed by atoms with Crippen LogP contribution < -0.4 is 20.3 Å². The average molecular weight is 432 g/mol. The lowest BCUT2D eigenvalue weighted by molar-refractivity contribution is -0.111. The number of rotatable bonds is 6. The standard InChI is InChI=1S/C22H24N8O2/c1-4-19(31)25-15-7-8-18-17(10-15)27-22(29(18)2)30-9-5-6-16(13-30)26-21-24-12-14(11-23)20(28-21)32-3/h4,7-8,10,12,16H,1,5-6,9,13H2,2-3H3,(H,25,31)(H,24,26,28). The number of carbonyl (C=O) groups excluding carboxylic acids is 1. The van der Waals surface area contributed by atoms with Crippen LogP contribution in [-0.2, 0) is 11.8 Å². The van der Waals surface area contributed by atoms with Gasteiger partial charge in [0.2, 0.25) is 23.7 Å². The van der Waals surface area contributed by atoms with E-state index in [0.29, 0.717) is 17.2 Å². The molecule has 4 rings (SSSR count). The number of nitrogens with one attached hydrogen (secondary N) is 2. The van der Waals surface area contributed by atoms with Crippen molar-refractivity contribution in [2.45, 2.75) is 18.9 Å². The van der Waals surface area contributed by atoms with Crippen molar-refractivity contribution in [2.24, 2.45) is 7.05 Å². The van der Waals surface area contributed by atoms with Crippen molar-refractivity contribution in [3.8, 4) is 11.9 Å². The van der Waals surface area contributed by atoms with Crippen LogP contribution in [0.1, 0.15) is 18.4 Å². The van der Waals surface area contributed by atoms with Crippen LogP contribution in [0.5, 0.6) is 5.88 Å². The third kappa shape index (κ3) is 4.18. The zero-order chi connectivity index (χ0) is 22.7. The van der Waals surface area contributed by atoms with Crippen LogP contribution in [0.25, 0.3) is 11.0 Å². The van der Waals surface area contributed by atoms with E-state index in [1.165, 1.54) is 19.4 Å². The number of hydrogen-bond donors (Lipinski definition) is 2. The molecule has 1 aliphatic heterocycles. The largest absolute Gasteiger partial charge is 0.480 e. The van der Waals surface area contributed by atoms with Crippen LogP contribution in [0.2, 0.25) is 0 Å². The molecule has 1 amide bonds. The van der Waals surface area contributed by atoms with Gasteiger partial charge in [-0.15, -0.1) is 0 Å². The topological polar surface area (TPSA) is 121 Å². The van der Waals surface area contributed by atoms with Crippen molar-refractivity contribution in [1.29, 1.82) is 5.26 Å². The third-order valence-electron chi connectivity index (χ3n) is 5.42. The lowest BCUT2D eigenvalue weighted by atomic mass is 10.1. The third-order valence-corrected chi connectivity index (χ3v) is 5.42. The van der Waals surface area contributed by atoms with Gasteiger partial charge in [0.15, 0.2) is 0 Å². The molecule has 1 unspecified atom stereocenters. The van der Waals surface area contributed by atoms with Gasteiger partial charge in [0.1, 0.15) is 11.6 Å². The second-order valence-electron chi connectivity index (χ2n) is 7.53. The average Bonchev–Trinajstić information content (AvgIpc) is 3.14. The SMILES string of the molecule is C=CC(=O)Nc1ccc2c(c1)nc(N1CCCC(Nc3ncc(C#N)c(OC)n3)C1)n2C. The maximum absolute atomic E-state index is 11.6. The normalized spacial score (nSPS) is 15.8. The van der Waals surface area contributed by atoms with Gasteiger partial charge in [-0.2, -0.15) is 10.2 Å². The summed E-state index contributed by atoms with van der Waals surface area (Å²) in [5.74, 6) is 1.29. The number of anilines is 3. The van der Waals surface area contributed by atoms with E-state index < -0.39 is 0 Å². The van der Waals surface area contributed by atoms with E-state index in [4.69, 9.17) is 15.0 Å². The highest BCUT2D eigenvalue weighted by Gasteiger charge is 2.24. The summed E-state index contributed by atoms with van der Waals surface area (Å²) in [6, 6.07) is 7.79. The minimum atomic E-state index is -0.257. The molecule has 0 aliphatic carbocycles. The van der Waals surface area contributed by atoms with Crippen molar-refractivity contribution < 1.29 is 9.53 Å². The Kier molecular flexibility index (Phi) is 5.89. The molecule has 3 heterocycles. The Morgan fingerprint density at radius 1 is 1.41 bits per heavy atom. The number of hydrogen-bond acceptors (Lipinski definition) is 8. The van der Waals surface area contributed by atoms with Gasteiger partial charge in [0, 0.05) is 31.9 Å². The molecule has 0 bridgehead atoms. The number of nitrogens with zero attached hydrogens (tertiary/aromatic N) is 6. The van der Waals surface area contributed by atoms with E-state index in [2.05, 4.69) is 36.6 Å². The Morgan fingerprint density at radius 2 is 2.25 bits per heavy atom. The number of piperidine rings is 1. The molecule has 1 atom stereocenters. The van der Waals surface area contributed by atoms with Crippen molar-refractivity contribution in [3.05, 3.63) is 42.6 Å². The van der Waals surface area contributed by atoms with Crippen molar-refractivity contribution >= 4 is 34.5 Å². The van der Waals surface area contributed by atoms with Crippen molar-refractivity contribution in [2.75, 3.05) is 35.7 Å². The van der Waals surface area contributed by atoms with Gasteiger partial charge in [-0.3, -0.25) is 4.79 Å². The van der Waals surface area contributed by atoms with Crippen LogP contribution in [0, 0.1) is 11.3 Å². The molecule has 3 aromatic rings. The fourth-order valence-electron chi connectivity index (χ4n) is 3.87. The summed E-state index contributed by atoms with van der Waals surface area (Å²) in [4.78, 5) is 27.2. The molecule has 0 radical (unpaired) electrons. The Balaban J connectivity index is 1.53. The Morgan fingerprint density at radius 3 is 3.00 bits per heavy atom. The maximum Gasteiger partial charge on any atom is 0.247 e. The molecule has 1 saturated heterocycles. The highest BCUT2D eigenvalue weighted by molar-refractivity contribution is 6.00. The van der Waals surface area contributed by atoms with E-state index in [1.807, 2.05) is 31.3 Å². The predicted molar refractivity (Wildman–Crippen MR) is 122 cm³/mol. The summed E-state index contributed by atoms with van der Waals surface area (Å²) in [5, 5.41) is 15.2. The molecular weight excluding hydrogens is 408 g/mol. The van der Waals surface area contributed by atoms with Crippen LogP contribution in [-0.4, -0.2) is 51.7 Å². The quantitative estimate of drug-likeness (QED) is 0.570. The highest BCUT2D eigenvalue weighted by Crippen LogP contribution is 2.27. The number of aryl methyl sites for hydroxylation is 1. The predicted octanol–water partition coefficient (Wildman–Crippen LogP) is 2.45. The summed E-state index contributed by atoms with van der Waals surface area (Å²) in [6.07, 6.45) is 4.64. The van der Waals surface area contributed by atoms with Crippen LogP contribution in [0.3, 0.4) is 0 Å². The summed E-state index contributed by atoms with van der Waals surface area (Å²) < 4.78 is 7.23. The summed E-state index contributed by atoms with van der Waals surface area (Å²) in [7, 11) is 3.47. The van der Waals surface area contributed by atoms with Gasteiger partial charge in [0.25, 0.3) is 0 Å². The van der Waals surface area contributed by atoms with E-state index in [1.54, 1.807) is 0 Å². The fourth-order valence-corrected chi connectivity index (χ4v) is 3.87. The first-order chi connectivity index (χ1) is 15.5. The van der Waals surface area contributed by atoms with E-state index in [9.17, 15) is 4.79 Å². The van der Waals surface area contributed by atoms with Crippen molar-refractivity contribution in [3.63, 3.8) is 0 Å². The number of ether oxygens (including phenoxy) is 1. The zero-order valence-electron chi connectivity index (χ0n) is 18.0. The number of fused-ring (bicyclic) bond motifs is 1. The molecule has 32 heavy (non-hydrogen) atoms. The summed E-state index contributed by atoms with van der Waals surface area (Å²) >= 11 is 0. The van der Waals surface area contributed by atoms with Gasteiger partial charge in [0.05, 0.1) is 24.3 Å². The first kappa shape index (κ1) is 21.1. The Hall–Kier alpha value is -4.13. The van der Waals surface area contributed by atoms with E-state index >= 15 is 0 Å². The van der Waals surface area contributed by atoms with Gasteiger partial charge in [-0.25, -0.2) is 9.97 Å². The smallest absolute Gasteiger partial charge is 0.247 e. The zero-order valence-corrected chi connectivity index (χ0v) is 18.0. The number of amides is 1. The molecule has 1 aromatic carbocycles. The number of benzene rings is 1. The van der Waals surface area contributed by atoms with Crippen molar-refractivity contribution in [1.82, 2.24) is 19.5 Å². The van der Waals surface area contributed by atoms with Gasteiger partial charge >= 0.3 is 0 Å². The molecular formula is C22H24N8O2. The molecule has 2 aromatic heterocycles. The summed E-state index contributed by atoms with van der Waals surface area (Å²) in [5.41, 5.74) is 2.76. The molecule has 10 heteroatoms. The first-order valence-electron chi connectivity index (χ1n) is 10.2. The molecule has 1 aliphatic rings. The molecule has 1 fully saturated rings. The minimum absolute atomic E-state index is 0.114. The first-order valence-corrected chi connectivity index (χ1v) is 10.2. The number of nitriles is 1.